The number of rotatable bonds is 5. The highest BCUT2D eigenvalue weighted by Crippen LogP contribution is 2.27. The number of hydrogen-bond donors (Lipinski definition) is 3. The Balaban J connectivity index is 1.80. The summed E-state index contributed by atoms with van der Waals surface area (Å²) in [6.45, 7) is 0.376. The Kier molecular flexibility index (Phi) is 4.56. The van der Waals surface area contributed by atoms with Crippen molar-refractivity contribution in [3.8, 4) is 0 Å². The highest BCUT2D eigenvalue weighted by molar-refractivity contribution is 7.92. The number of aliphatic carboxylic acids is 1. The van der Waals surface area contributed by atoms with E-state index >= 15 is 0 Å². The van der Waals surface area contributed by atoms with Crippen LogP contribution in [0.15, 0.2) is 47.4 Å². The molecule has 136 valence electrons. The third kappa shape index (κ3) is 3.77. The number of carbonyl (C=O) groups is 2. The number of fused-ring (bicyclic) bond motifs is 1. The van der Waals surface area contributed by atoms with Gasteiger partial charge in [-0.15, -0.1) is 0 Å². The number of urea groups is 1. The Bertz CT molecular complexity index is 970. The third-order valence-electron chi connectivity index (χ3n) is 3.94. The van der Waals surface area contributed by atoms with Gasteiger partial charge in [-0.1, -0.05) is 12.1 Å². The van der Waals surface area contributed by atoms with Crippen molar-refractivity contribution in [2.24, 2.45) is 0 Å². The van der Waals surface area contributed by atoms with E-state index in [1.807, 2.05) is 0 Å². The zero-order chi connectivity index (χ0) is 18.9. The van der Waals surface area contributed by atoms with Gasteiger partial charge in [-0.25, -0.2) is 13.2 Å². The molecular weight excluding hydrogens is 358 g/mol. The molecule has 1 heterocycles. The molecule has 0 bridgehead atoms. The smallest absolute Gasteiger partial charge is 0.321 e. The number of anilines is 2. The van der Waals surface area contributed by atoms with E-state index in [0.29, 0.717) is 23.5 Å². The number of carboxylic acids is 1. The fourth-order valence-corrected chi connectivity index (χ4v) is 3.67. The molecule has 26 heavy (non-hydrogen) atoms. The van der Waals surface area contributed by atoms with Crippen LogP contribution in [0.5, 0.6) is 0 Å². The second-order valence-corrected chi connectivity index (χ2v) is 7.66. The van der Waals surface area contributed by atoms with Crippen LogP contribution in [0.4, 0.5) is 16.2 Å². The molecule has 0 fully saturated rings. The quantitative estimate of drug-likeness (QED) is 0.740. The fourth-order valence-electron chi connectivity index (χ4n) is 2.62. The average molecular weight is 375 g/mol. The minimum Gasteiger partial charge on any atom is -0.481 e. The summed E-state index contributed by atoms with van der Waals surface area (Å²) in [6.07, 6.45) is -0.169. The second-order valence-electron chi connectivity index (χ2n) is 5.98. The van der Waals surface area contributed by atoms with Crippen LogP contribution in [-0.2, 0) is 27.8 Å². The van der Waals surface area contributed by atoms with Crippen molar-refractivity contribution in [1.82, 2.24) is 4.90 Å². The predicted octanol–water partition coefficient (Wildman–Crippen LogP) is 2.09. The van der Waals surface area contributed by atoms with E-state index in [4.69, 9.17) is 5.11 Å². The van der Waals surface area contributed by atoms with Crippen molar-refractivity contribution >= 4 is 33.4 Å². The number of hydrogen-bond acceptors (Lipinski definition) is 4. The standard InChI is InChI=1S/C17H17N3O5S/c1-20-10-12-9-13(4-7-15(12)18-17(20)23)19-26(24,25)14-5-2-11(3-6-14)8-16(21)22/h2-7,9,19H,8,10H2,1H3,(H,18,23)(H,21,22). The molecule has 0 saturated carbocycles. The molecule has 0 atom stereocenters. The normalized spacial score (nSPS) is 13.7. The van der Waals surface area contributed by atoms with Crippen molar-refractivity contribution in [3.63, 3.8) is 0 Å². The first-order valence-electron chi connectivity index (χ1n) is 7.73. The van der Waals surface area contributed by atoms with E-state index in [1.165, 1.54) is 29.2 Å². The maximum absolute atomic E-state index is 12.5. The number of carbonyl (C=O) groups excluding carboxylic acids is 1. The van der Waals surface area contributed by atoms with E-state index in [-0.39, 0.29) is 17.3 Å². The molecule has 1 aliphatic rings. The largest absolute Gasteiger partial charge is 0.481 e. The molecule has 0 aliphatic carbocycles. The number of amides is 2. The SMILES string of the molecule is CN1Cc2cc(NS(=O)(=O)c3ccc(CC(=O)O)cc3)ccc2NC1=O. The molecule has 9 heteroatoms. The topological polar surface area (TPSA) is 116 Å². The number of sulfonamides is 1. The zero-order valence-corrected chi connectivity index (χ0v) is 14.7. The van der Waals surface area contributed by atoms with Crippen molar-refractivity contribution in [2.75, 3.05) is 17.1 Å². The average Bonchev–Trinajstić information content (AvgIpc) is 2.56. The van der Waals surface area contributed by atoms with E-state index in [2.05, 4.69) is 10.0 Å². The first-order chi connectivity index (χ1) is 12.2. The molecule has 3 N–H and O–H groups in total. The highest BCUT2D eigenvalue weighted by atomic mass is 32.2. The molecule has 8 nitrogen and oxygen atoms in total. The van der Waals surface area contributed by atoms with Crippen molar-refractivity contribution in [1.29, 1.82) is 0 Å². The Morgan fingerprint density at radius 1 is 1.23 bits per heavy atom. The molecule has 2 amide bonds. The molecule has 0 aromatic heterocycles. The van der Waals surface area contributed by atoms with Crippen LogP contribution in [0.25, 0.3) is 0 Å². The van der Waals surface area contributed by atoms with Gasteiger partial charge in [0.1, 0.15) is 0 Å². The van der Waals surface area contributed by atoms with Crippen LogP contribution in [0.1, 0.15) is 11.1 Å². The monoisotopic (exact) mass is 375 g/mol. The highest BCUT2D eigenvalue weighted by Gasteiger charge is 2.21. The van der Waals surface area contributed by atoms with Crippen LogP contribution in [0.3, 0.4) is 0 Å². The summed E-state index contributed by atoms with van der Waals surface area (Å²) >= 11 is 0. The lowest BCUT2D eigenvalue weighted by molar-refractivity contribution is -0.136. The minimum atomic E-state index is -3.81. The molecule has 0 saturated heterocycles. The molecular formula is C17H17N3O5S. The number of benzene rings is 2. The van der Waals surface area contributed by atoms with E-state index in [9.17, 15) is 18.0 Å². The van der Waals surface area contributed by atoms with Gasteiger partial charge in [0.15, 0.2) is 0 Å². The van der Waals surface area contributed by atoms with Gasteiger partial charge in [0.25, 0.3) is 10.0 Å². The lowest BCUT2D eigenvalue weighted by atomic mass is 10.1. The Labute approximate surface area is 150 Å². The van der Waals surface area contributed by atoms with Crippen LogP contribution in [0.2, 0.25) is 0 Å². The van der Waals surface area contributed by atoms with Gasteiger partial charge < -0.3 is 15.3 Å². The second kappa shape index (κ2) is 6.68. The molecule has 1 aliphatic heterocycles. The zero-order valence-electron chi connectivity index (χ0n) is 13.9. The Hall–Kier alpha value is -3.07. The molecule has 0 radical (unpaired) electrons. The van der Waals surface area contributed by atoms with Crippen LogP contribution < -0.4 is 10.0 Å². The van der Waals surface area contributed by atoms with Gasteiger partial charge in [-0.05, 0) is 41.5 Å². The summed E-state index contributed by atoms with van der Waals surface area (Å²) < 4.78 is 27.5. The number of nitrogens with one attached hydrogen (secondary N) is 2. The molecule has 0 spiro atoms. The van der Waals surface area contributed by atoms with Crippen LogP contribution >= 0.6 is 0 Å². The van der Waals surface area contributed by atoms with Gasteiger partial charge >= 0.3 is 12.0 Å². The lowest BCUT2D eigenvalue weighted by Crippen LogP contribution is -2.35. The van der Waals surface area contributed by atoms with E-state index in [1.54, 1.807) is 25.2 Å². The van der Waals surface area contributed by atoms with Crippen molar-refractivity contribution in [2.45, 2.75) is 17.9 Å². The first kappa shape index (κ1) is 17.7. The Morgan fingerprint density at radius 2 is 1.92 bits per heavy atom. The Morgan fingerprint density at radius 3 is 2.58 bits per heavy atom. The summed E-state index contributed by atoms with van der Waals surface area (Å²) in [4.78, 5) is 23.8. The fraction of sp³-hybridized carbons (Fsp3) is 0.176. The van der Waals surface area contributed by atoms with Gasteiger partial charge in [0.2, 0.25) is 0 Å². The van der Waals surface area contributed by atoms with Gasteiger partial charge in [-0.2, -0.15) is 0 Å². The number of nitrogens with zero attached hydrogens (tertiary/aromatic N) is 1. The molecule has 2 aromatic carbocycles. The summed E-state index contributed by atoms with van der Waals surface area (Å²) in [5.74, 6) is -0.982. The lowest BCUT2D eigenvalue weighted by Gasteiger charge is -2.26. The summed E-state index contributed by atoms with van der Waals surface area (Å²) in [6, 6.07) is 10.4. The first-order valence-corrected chi connectivity index (χ1v) is 9.21. The van der Waals surface area contributed by atoms with E-state index in [0.717, 1.165) is 5.56 Å². The van der Waals surface area contributed by atoms with Crippen molar-refractivity contribution in [3.05, 3.63) is 53.6 Å². The van der Waals surface area contributed by atoms with Gasteiger partial charge in [-0.3, -0.25) is 9.52 Å². The third-order valence-corrected chi connectivity index (χ3v) is 5.34. The molecule has 0 unspecified atom stereocenters. The minimum absolute atomic E-state index is 0.0368. The maximum atomic E-state index is 12.5. The van der Waals surface area contributed by atoms with Crippen LogP contribution in [-0.4, -0.2) is 37.5 Å². The molecule has 2 aromatic rings. The number of carboxylic acid groups (broad SMARTS) is 1. The summed E-state index contributed by atoms with van der Waals surface area (Å²) in [5.41, 5.74) is 2.34. The van der Waals surface area contributed by atoms with Gasteiger partial charge in [0.05, 0.1) is 11.3 Å². The molecule has 3 rings (SSSR count). The van der Waals surface area contributed by atoms with Crippen molar-refractivity contribution < 1.29 is 23.1 Å². The maximum Gasteiger partial charge on any atom is 0.321 e. The summed E-state index contributed by atoms with van der Waals surface area (Å²) in [5, 5.41) is 11.5. The van der Waals surface area contributed by atoms with Gasteiger partial charge in [0, 0.05) is 25.0 Å². The summed E-state index contributed by atoms with van der Waals surface area (Å²) in [7, 11) is -2.16. The van der Waals surface area contributed by atoms with Crippen LogP contribution in [0, 0.1) is 0 Å². The predicted molar refractivity (Wildman–Crippen MR) is 95.5 cm³/mol. The van der Waals surface area contributed by atoms with E-state index < -0.39 is 16.0 Å².